The summed E-state index contributed by atoms with van der Waals surface area (Å²) in [5.41, 5.74) is 13.1. The highest BCUT2D eigenvalue weighted by atomic mass is 14.1. The first-order valence-corrected chi connectivity index (χ1v) is 12.2. The molecule has 0 aromatic heterocycles. The molecule has 2 aromatic rings. The van der Waals surface area contributed by atoms with E-state index in [4.69, 9.17) is 0 Å². The topological polar surface area (TPSA) is 0 Å². The molecule has 0 bridgehead atoms. The number of allylic oxidation sites excluding steroid dienone is 8. The van der Waals surface area contributed by atoms with E-state index >= 15 is 0 Å². The van der Waals surface area contributed by atoms with Gasteiger partial charge in [-0.15, -0.1) is 0 Å². The third kappa shape index (κ3) is 8.89. The predicted molar refractivity (Wildman–Crippen MR) is 151 cm³/mol. The molecule has 2 rings (SSSR count). The molecule has 33 heavy (non-hydrogen) atoms. The average Bonchev–Trinajstić information content (AvgIpc) is 2.78. The van der Waals surface area contributed by atoms with Gasteiger partial charge in [-0.25, -0.2) is 0 Å². The molecule has 0 saturated heterocycles. The largest absolute Gasteiger partial charge is 0.0955 e. The molecule has 0 atom stereocenters. The Labute approximate surface area is 204 Å². The maximum absolute atomic E-state index is 4.00. The van der Waals surface area contributed by atoms with Gasteiger partial charge < -0.3 is 0 Å². The van der Waals surface area contributed by atoms with Crippen molar-refractivity contribution in [3.63, 3.8) is 0 Å². The Balaban J connectivity index is 0.000000451. The van der Waals surface area contributed by atoms with Crippen molar-refractivity contribution in [2.75, 3.05) is 0 Å². The molecule has 0 aliphatic rings. The van der Waals surface area contributed by atoms with Gasteiger partial charge in [0, 0.05) is 0 Å². The van der Waals surface area contributed by atoms with Crippen LogP contribution in [0.2, 0.25) is 0 Å². The van der Waals surface area contributed by atoms with Crippen LogP contribution in [0.3, 0.4) is 0 Å². The summed E-state index contributed by atoms with van der Waals surface area (Å²) < 4.78 is 0. The second-order valence-electron chi connectivity index (χ2n) is 8.78. The minimum atomic E-state index is 0.977. The highest BCUT2D eigenvalue weighted by Gasteiger charge is 2.09. The third-order valence-corrected chi connectivity index (χ3v) is 6.09. The molecule has 0 aliphatic heterocycles. The molecule has 0 spiro atoms. The van der Waals surface area contributed by atoms with Crippen LogP contribution in [0.25, 0.3) is 5.57 Å². The lowest BCUT2D eigenvalue weighted by atomic mass is 9.89. The zero-order valence-corrected chi connectivity index (χ0v) is 22.3. The molecule has 0 amide bonds. The van der Waals surface area contributed by atoms with Crippen molar-refractivity contribution in [2.24, 2.45) is 0 Å². The van der Waals surface area contributed by atoms with Crippen LogP contribution in [-0.2, 0) is 6.42 Å². The van der Waals surface area contributed by atoms with Gasteiger partial charge in [-0.2, -0.15) is 0 Å². The van der Waals surface area contributed by atoms with E-state index in [9.17, 15) is 0 Å². The summed E-state index contributed by atoms with van der Waals surface area (Å²) >= 11 is 0. The summed E-state index contributed by atoms with van der Waals surface area (Å²) in [6.45, 7) is 25.2. The Hall–Kier alpha value is -2.86. The number of hydrogen-bond acceptors (Lipinski definition) is 0. The Kier molecular flexibility index (Phi) is 12.2. The molecule has 0 aliphatic carbocycles. The molecule has 0 saturated carbocycles. The summed E-state index contributed by atoms with van der Waals surface area (Å²) in [6, 6.07) is 15.3. The summed E-state index contributed by atoms with van der Waals surface area (Å²) in [6.07, 6.45) is 9.51. The average molecular weight is 441 g/mol. The summed E-state index contributed by atoms with van der Waals surface area (Å²) in [7, 11) is 0. The fourth-order valence-electron chi connectivity index (χ4n) is 4.00. The first kappa shape index (κ1) is 28.2. The Bertz CT molecular complexity index is 1040. The molecule has 0 nitrogen and oxygen atoms in total. The van der Waals surface area contributed by atoms with Gasteiger partial charge in [0.15, 0.2) is 0 Å². The lowest BCUT2D eigenvalue weighted by molar-refractivity contribution is 1.07. The SMILES string of the molecule is C=C(C)C(=C)\C=C/C=C(C)/C(CC)=C(/CC)c1ccccc1C.CCc1ccc(C)cc1C. The molecule has 0 heteroatoms. The lowest BCUT2D eigenvalue weighted by Crippen LogP contribution is -1.95. The van der Waals surface area contributed by atoms with E-state index < -0.39 is 0 Å². The number of hydrogen-bond donors (Lipinski definition) is 0. The van der Waals surface area contributed by atoms with Crippen molar-refractivity contribution >= 4 is 5.57 Å². The van der Waals surface area contributed by atoms with E-state index in [-0.39, 0.29) is 0 Å². The summed E-state index contributed by atoms with van der Waals surface area (Å²) in [5.74, 6) is 0. The van der Waals surface area contributed by atoms with Gasteiger partial charge >= 0.3 is 0 Å². The van der Waals surface area contributed by atoms with Crippen LogP contribution in [-0.4, -0.2) is 0 Å². The second kappa shape index (κ2) is 14.3. The molecular weight excluding hydrogens is 396 g/mol. The molecule has 2 aromatic carbocycles. The fourth-order valence-corrected chi connectivity index (χ4v) is 4.00. The van der Waals surface area contributed by atoms with Gasteiger partial charge in [0.2, 0.25) is 0 Å². The zero-order valence-electron chi connectivity index (χ0n) is 22.3. The van der Waals surface area contributed by atoms with Crippen molar-refractivity contribution in [3.8, 4) is 0 Å². The van der Waals surface area contributed by atoms with Crippen LogP contribution in [0.15, 0.2) is 96.1 Å². The highest BCUT2D eigenvalue weighted by molar-refractivity contribution is 5.74. The Morgan fingerprint density at radius 2 is 1.52 bits per heavy atom. The normalized spacial score (nSPS) is 12.2. The van der Waals surface area contributed by atoms with Gasteiger partial charge in [0.1, 0.15) is 0 Å². The Morgan fingerprint density at radius 3 is 2.03 bits per heavy atom. The first-order chi connectivity index (χ1) is 15.7. The Morgan fingerprint density at radius 1 is 0.848 bits per heavy atom. The van der Waals surface area contributed by atoms with Crippen LogP contribution >= 0.6 is 0 Å². The van der Waals surface area contributed by atoms with Gasteiger partial charge in [-0.3, -0.25) is 0 Å². The van der Waals surface area contributed by atoms with Crippen LogP contribution in [0, 0.1) is 20.8 Å². The standard InChI is InChI=1S/C23H30.C10H14/c1-8-21(19(6)15-12-14-18(5)17(3)4)22(9-2)23-16-11-10-13-20(23)7;1-4-10-6-5-8(2)7-9(10)3/h10-16H,3,5,8-9H2,1-2,4,6-7H3;5-7H,4H2,1-3H3/b14-12-,19-15+,22-21-;. The van der Waals surface area contributed by atoms with Gasteiger partial charge in [-0.1, -0.05) is 106 Å². The van der Waals surface area contributed by atoms with E-state index in [1.807, 2.05) is 13.0 Å². The zero-order chi connectivity index (χ0) is 25.0. The van der Waals surface area contributed by atoms with E-state index in [1.165, 1.54) is 44.5 Å². The highest BCUT2D eigenvalue weighted by Crippen LogP contribution is 2.30. The number of rotatable bonds is 8. The van der Waals surface area contributed by atoms with E-state index in [1.54, 1.807) is 0 Å². The van der Waals surface area contributed by atoms with Gasteiger partial charge in [0.25, 0.3) is 0 Å². The minimum Gasteiger partial charge on any atom is -0.0955 e. The monoisotopic (exact) mass is 440 g/mol. The van der Waals surface area contributed by atoms with Crippen molar-refractivity contribution in [2.45, 2.75) is 74.7 Å². The molecule has 0 radical (unpaired) electrons. The smallest absolute Gasteiger partial charge is 0.0192 e. The maximum atomic E-state index is 4.00. The molecule has 176 valence electrons. The van der Waals surface area contributed by atoms with Crippen molar-refractivity contribution < 1.29 is 0 Å². The fraction of sp³-hybridized carbons (Fsp3) is 0.333. The van der Waals surface area contributed by atoms with Crippen LogP contribution in [0.5, 0.6) is 0 Å². The van der Waals surface area contributed by atoms with Gasteiger partial charge in [-0.05, 0) is 98.4 Å². The molecule has 0 N–H and O–H groups in total. The van der Waals surface area contributed by atoms with Crippen LogP contribution in [0.1, 0.15) is 75.3 Å². The summed E-state index contributed by atoms with van der Waals surface area (Å²) in [4.78, 5) is 0. The molecule has 0 fully saturated rings. The molecule has 0 unspecified atom stereocenters. The number of benzene rings is 2. The van der Waals surface area contributed by atoms with Crippen molar-refractivity contribution in [1.82, 2.24) is 0 Å². The number of aryl methyl sites for hydroxylation is 4. The van der Waals surface area contributed by atoms with Crippen LogP contribution in [0.4, 0.5) is 0 Å². The van der Waals surface area contributed by atoms with Crippen molar-refractivity contribution in [3.05, 3.63) is 124 Å². The molecular formula is C33H44. The quantitative estimate of drug-likeness (QED) is 0.358. The van der Waals surface area contributed by atoms with E-state index in [2.05, 4.69) is 116 Å². The lowest BCUT2D eigenvalue weighted by Gasteiger charge is -2.16. The summed E-state index contributed by atoms with van der Waals surface area (Å²) in [5, 5.41) is 0. The van der Waals surface area contributed by atoms with E-state index in [0.29, 0.717) is 0 Å². The third-order valence-electron chi connectivity index (χ3n) is 6.09. The van der Waals surface area contributed by atoms with Crippen molar-refractivity contribution in [1.29, 1.82) is 0 Å². The minimum absolute atomic E-state index is 0.977. The van der Waals surface area contributed by atoms with Gasteiger partial charge in [0.05, 0.1) is 0 Å². The first-order valence-electron chi connectivity index (χ1n) is 12.2. The molecule has 0 heterocycles. The van der Waals surface area contributed by atoms with E-state index in [0.717, 1.165) is 30.4 Å². The maximum Gasteiger partial charge on any atom is -0.0192 e. The van der Waals surface area contributed by atoms with Crippen LogP contribution < -0.4 is 0 Å². The predicted octanol–water partition coefficient (Wildman–Crippen LogP) is 10.1. The second-order valence-corrected chi connectivity index (χ2v) is 8.78.